The van der Waals surface area contributed by atoms with Crippen molar-refractivity contribution in [3.63, 3.8) is 0 Å². The summed E-state index contributed by atoms with van der Waals surface area (Å²) in [4.78, 5) is 14.8. The van der Waals surface area contributed by atoms with E-state index in [1.165, 1.54) is 12.8 Å². The van der Waals surface area contributed by atoms with Gasteiger partial charge in [0, 0.05) is 29.8 Å². The van der Waals surface area contributed by atoms with Gasteiger partial charge in [0.15, 0.2) is 0 Å². The van der Waals surface area contributed by atoms with Crippen LogP contribution >= 0.6 is 15.9 Å². The Morgan fingerprint density at radius 1 is 1.42 bits per heavy atom. The number of unbranched alkanes of at least 4 members (excludes halogenated alkanes) is 1. The van der Waals surface area contributed by atoms with Crippen molar-refractivity contribution in [2.75, 3.05) is 6.54 Å². The predicted molar refractivity (Wildman–Crippen MR) is 81.4 cm³/mol. The third-order valence-electron chi connectivity index (χ3n) is 3.55. The summed E-state index contributed by atoms with van der Waals surface area (Å²) >= 11 is 3.48. The molecule has 0 atom stereocenters. The van der Waals surface area contributed by atoms with Crippen LogP contribution in [-0.2, 0) is 6.54 Å². The van der Waals surface area contributed by atoms with Gasteiger partial charge in [0.1, 0.15) is 5.69 Å². The molecule has 1 aromatic rings. The van der Waals surface area contributed by atoms with Gasteiger partial charge < -0.3 is 9.47 Å². The van der Waals surface area contributed by atoms with Crippen LogP contribution in [0.1, 0.15) is 56.4 Å². The molecular formula is C15H23BrN2O. The van der Waals surface area contributed by atoms with E-state index in [1.54, 1.807) is 0 Å². The zero-order valence-corrected chi connectivity index (χ0v) is 13.4. The smallest absolute Gasteiger partial charge is 0.270 e. The fourth-order valence-electron chi connectivity index (χ4n) is 2.39. The number of amides is 1. The molecule has 19 heavy (non-hydrogen) atoms. The highest BCUT2D eigenvalue weighted by atomic mass is 79.9. The third kappa shape index (κ3) is 3.62. The number of rotatable bonds is 7. The van der Waals surface area contributed by atoms with Gasteiger partial charge in [0.25, 0.3) is 5.91 Å². The molecule has 1 aliphatic rings. The lowest BCUT2D eigenvalue weighted by Crippen LogP contribution is -2.35. The van der Waals surface area contributed by atoms with Gasteiger partial charge in [-0.3, -0.25) is 4.79 Å². The molecule has 0 aromatic carbocycles. The van der Waals surface area contributed by atoms with Gasteiger partial charge >= 0.3 is 0 Å². The molecule has 0 N–H and O–H groups in total. The minimum absolute atomic E-state index is 0.204. The van der Waals surface area contributed by atoms with E-state index >= 15 is 0 Å². The van der Waals surface area contributed by atoms with E-state index in [0.29, 0.717) is 6.04 Å². The van der Waals surface area contributed by atoms with Crippen LogP contribution in [0.4, 0.5) is 0 Å². The lowest BCUT2D eigenvalue weighted by atomic mass is 10.2. The summed E-state index contributed by atoms with van der Waals surface area (Å²) in [7, 11) is 0. The molecule has 3 nitrogen and oxygen atoms in total. The van der Waals surface area contributed by atoms with Crippen molar-refractivity contribution in [2.24, 2.45) is 0 Å². The Morgan fingerprint density at radius 3 is 2.74 bits per heavy atom. The van der Waals surface area contributed by atoms with E-state index in [4.69, 9.17) is 0 Å². The van der Waals surface area contributed by atoms with Crippen LogP contribution in [0.25, 0.3) is 0 Å². The monoisotopic (exact) mass is 326 g/mol. The zero-order valence-electron chi connectivity index (χ0n) is 11.9. The standard InChI is InChI=1S/C15H23BrN2O/c1-3-5-9-18(13-6-7-13)15(19)14-10-12(16)11-17(14)8-4-2/h10-11,13H,3-9H2,1-2H3. The second kappa shape index (κ2) is 6.60. The number of hydrogen-bond donors (Lipinski definition) is 0. The first kappa shape index (κ1) is 14.6. The van der Waals surface area contributed by atoms with Crippen molar-refractivity contribution < 1.29 is 4.79 Å². The highest BCUT2D eigenvalue weighted by Gasteiger charge is 2.33. The van der Waals surface area contributed by atoms with Crippen LogP contribution in [0.5, 0.6) is 0 Å². The van der Waals surface area contributed by atoms with Crippen molar-refractivity contribution in [2.45, 2.75) is 58.5 Å². The number of hydrogen-bond acceptors (Lipinski definition) is 1. The van der Waals surface area contributed by atoms with Gasteiger partial charge in [-0.05, 0) is 47.7 Å². The number of nitrogens with zero attached hydrogens (tertiary/aromatic N) is 2. The lowest BCUT2D eigenvalue weighted by molar-refractivity contribution is 0.0729. The number of halogens is 1. The molecule has 1 aliphatic carbocycles. The van der Waals surface area contributed by atoms with E-state index in [0.717, 1.165) is 42.5 Å². The SMILES string of the molecule is CCCCN(C(=O)c1cc(Br)cn1CCC)C1CC1. The third-order valence-corrected chi connectivity index (χ3v) is 3.98. The highest BCUT2D eigenvalue weighted by molar-refractivity contribution is 9.10. The number of aromatic nitrogens is 1. The van der Waals surface area contributed by atoms with Crippen LogP contribution in [0.15, 0.2) is 16.7 Å². The van der Waals surface area contributed by atoms with Crippen LogP contribution in [0.2, 0.25) is 0 Å². The van der Waals surface area contributed by atoms with E-state index in [9.17, 15) is 4.79 Å². The van der Waals surface area contributed by atoms with Crippen molar-refractivity contribution in [3.05, 3.63) is 22.4 Å². The summed E-state index contributed by atoms with van der Waals surface area (Å²) in [6.45, 7) is 6.11. The molecule has 106 valence electrons. The molecule has 2 rings (SSSR count). The molecule has 1 saturated carbocycles. The highest BCUT2D eigenvalue weighted by Crippen LogP contribution is 2.29. The summed E-state index contributed by atoms with van der Waals surface area (Å²) in [6, 6.07) is 2.45. The van der Waals surface area contributed by atoms with Crippen LogP contribution in [-0.4, -0.2) is 28.0 Å². The van der Waals surface area contributed by atoms with Gasteiger partial charge in [-0.2, -0.15) is 0 Å². The Labute approximate surface area is 124 Å². The Balaban J connectivity index is 2.15. The molecular weight excluding hydrogens is 304 g/mol. The summed E-state index contributed by atoms with van der Waals surface area (Å²) in [5.74, 6) is 0.204. The molecule has 0 bridgehead atoms. The summed E-state index contributed by atoms with van der Waals surface area (Å²) in [5, 5.41) is 0. The second-order valence-corrected chi connectivity index (χ2v) is 6.24. The molecule has 0 unspecified atom stereocenters. The number of carbonyl (C=O) groups is 1. The van der Waals surface area contributed by atoms with Crippen molar-refractivity contribution in [1.82, 2.24) is 9.47 Å². The molecule has 4 heteroatoms. The van der Waals surface area contributed by atoms with E-state index in [2.05, 4.69) is 39.2 Å². The summed E-state index contributed by atoms with van der Waals surface area (Å²) in [6.07, 6.45) is 7.63. The minimum atomic E-state index is 0.204. The van der Waals surface area contributed by atoms with Crippen LogP contribution in [0, 0.1) is 0 Å². The van der Waals surface area contributed by atoms with Crippen molar-refractivity contribution in [3.8, 4) is 0 Å². The fourth-order valence-corrected chi connectivity index (χ4v) is 2.86. The van der Waals surface area contributed by atoms with Gasteiger partial charge in [-0.25, -0.2) is 0 Å². The Kier molecular flexibility index (Phi) is 5.08. The number of aryl methyl sites for hydroxylation is 1. The van der Waals surface area contributed by atoms with Crippen molar-refractivity contribution >= 4 is 21.8 Å². The molecule has 1 aromatic heterocycles. The summed E-state index contributed by atoms with van der Waals surface area (Å²) in [5.41, 5.74) is 0.830. The van der Waals surface area contributed by atoms with Gasteiger partial charge in [0.05, 0.1) is 0 Å². The molecule has 1 amide bonds. The molecule has 1 fully saturated rings. The van der Waals surface area contributed by atoms with Crippen molar-refractivity contribution in [1.29, 1.82) is 0 Å². The number of carbonyl (C=O) groups excluding carboxylic acids is 1. The van der Waals surface area contributed by atoms with Gasteiger partial charge in [0.2, 0.25) is 0 Å². The quantitative estimate of drug-likeness (QED) is 0.741. The van der Waals surface area contributed by atoms with Gasteiger partial charge in [-0.15, -0.1) is 0 Å². The van der Waals surface area contributed by atoms with E-state index in [1.807, 2.05) is 12.3 Å². The zero-order chi connectivity index (χ0) is 13.8. The fraction of sp³-hybridized carbons (Fsp3) is 0.667. The Morgan fingerprint density at radius 2 is 2.16 bits per heavy atom. The largest absolute Gasteiger partial charge is 0.342 e. The van der Waals surface area contributed by atoms with Crippen LogP contribution < -0.4 is 0 Å². The summed E-state index contributed by atoms with van der Waals surface area (Å²) < 4.78 is 3.07. The molecule has 0 spiro atoms. The molecule has 0 aliphatic heterocycles. The molecule has 0 radical (unpaired) electrons. The average Bonchev–Trinajstić information content (AvgIpc) is 3.14. The first-order chi connectivity index (χ1) is 9.17. The maximum atomic E-state index is 12.7. The molecule has 0 saturated heterocycles. The average molecular weight is 327 g/mol. The lowest BCUT2D eigenvalue weighted by Gasteiger charge is -2.23. The van der Waals surface area contributed by atoms with E-state index < -0.39 is 0 Å². The maximum absolute atomic E-state index is 12.7. The molecule has 1 heterocycles. The second-order valence-electron chi connectivity index (χ2n) is 5.32. The first-order valence-electron chi connectivity index (χ1n) is 7.34. The normalized spacial score (nSPS) is 14.7. The van der Waals surface area contributed by atoms with E-state index in [-0.39, 0.29) is 5.91 Å². The van der Waals surface area contributed by atoms with Crippen LogP contribution in [0.3, 0.4) is 0 Å². The predicted octanol–water partition coefficient (Wildman–Crippen LogP) is 4.07. The van der Waals surface area contributed by atoms with Gasteiger partial charge in [-0.1, -0.05) is 20.3 Å². The first-order valence-corrected chi connectivity index (χ1v) is 8.13. The minimum Gasteiger partial charge on any atom is -0.342 e. The topological polar surface area (TPSA) is 25.2 Å². The Hall–Kier alpha value is -0.770. The maximum Gasteiger partial charge on any atom is 0.270 e. The Bertz CT molecular complexity index is 437.